The first kappa shape index (κ1) is 11.0. The molecule has 1 N–H and O–H groups in total. The van der Waals surface area contributed by atoms with Crippen LogP contribution in [0.4, 0.5) is 0 Å². The predicted octanol–water partition coefficient (Wildman–Crippen LogP) is 3.02. The molecule has 0 saturated carbocycles. The molecule has 0 radical (unpaired) electrons. The first-order valence-corrected chi connectivity index (χ1v) is 6.19. The van der Waals surface area contributed by atoms with Crippen molar-refractivity contribution in [3.63, 3.8) is 0 Å². The molecule has 1 amide bonds. The van der Waals surface area contributed by atoms with Crippen molar-refractivity contribution in [2.24, 2.45) is 0 Å². The van der Waals surface area contributed by atoms with Gasteiger partial charge in [0, 0.05) is 5.56 Å². The predicted molar refractivity (Wildman–Crippen MR) is 71.5 cm³/mol. The summed E-state index contributed by atoms with van der Waals surface area (Å²) in [6.07, 6.45) is 0.866. The second-order valence-electron chi connectivity index (χ2n) is 4.80. The zero-order valence-corrected chi connectivity index (χ0v) is 10.3. The van der Waals surface area contributed by atoms with Gasteiger partial charge >= 0.3 is 0 Å². The lowest BCUT2D eigenvalue weighted by atomic mass is 9.91. The van der Waals surface area contributed by atoms with Gasteiger partial charge in [0.1, 0.15) is 0 Å². The number of carbonyl (C=O) groups excluding carboxylic acids is 1. The number of fused-ring (bicyclic) bond motifs is 1. The Morgan fingerprint density at radius 2 is 1.78 bits per heavy atom. The van der Waals surface area contributed by atoms with Crippen molar-refractivity contribution in [3.8, 4) is 0 Å². The molecule has 0 aliphatic carbocycles. The van der Waals surface area contributed by atoms with Gasteiger partial charge in [0.2, 0.25) is 0 Å². The molecule has 2 heteroatoms. The van der Waals surface area contributed by atoms with Crippen LogP contribution in [0.3, 0.4) is 0 Å². The summed E-state index contributed by atoms with van der Waals surface area (Å²) in [6, 6.07) is 16.3. The van der Waals surface area contributed by atoms with Crippen molar-refractivity contribution in [2.75, 3.05) is 0 Å². The van der Waals surface area contributed by atoms with Crippen LogP contribution >= 0.6 is 0 Å². The highest BCUT2D eigenvalue weighted by Crippen LogP contribution is 2.25. The fraction of sp³-hybridized carbons (Fsp3) is 0.188. The third-order valence-corrected chi connectivity index (χ3v) is 3.47. The third-order valence-electron chi connectivity index (χ3n) is 3.47. The molecule has 0 aromatic heterocycles. The molecule has 0 fully saturated rings. The van der Waals surface area contributed by atoms with Gasteiger partial charge in [0.25, 0.3) is 5.91 Å². The number of hydrogen-bond donors (Lipinski definition) is 1. The highest BCUT2D eigenvalue weighted by atomic mass is 16.1. The molecule has 90 valence electrons. The number of benzene rings is 2. The lowest BCUT2D eigenvalue weighted by Crippen LogP contribution is -2.35. The van der Waals surface area contributed by atoms with Gasteiger partial charge in [-0.05, 0) is 30.5 Å². The molecule has 2 aromatic carbocycles. The number of carbonyl (C=O) groups is 1. The van der Waals surface area contributed by atoms with Gasteiger partial charge in [-0.2, -0.15) is 0 Å². The molecular weight excluding hydrogens is 222 g/mol. The summed E-state index contributed by atoms with van der Waals surface area (Å²) in [5.74, 6) is 0.0300. The van der Waals surface area contributed by atoms with E-state index in [4.69, 9.17) is 0 Å². The molecule has 0 saturated heterocycles. The highest BCUT2D eigenvalue weighted by molar-refractivity contribution is 5.97. The highest BCUT2D eigenvalue weighted by Gasteiger charge is 2.24. The summed E-state index contributed by atoms with van der Waals surface area (Å²) < 4.78 is 0. The minimum atomic E-state index is 0.0300. The Morgan fingerprint density at radius 1 is 1.06 bits per heavy atom. The first-order chi connectivity index (χ1) is 8.74. The van der Waals surface area contributed by atoms with Gasteiger partial charge in [-0.1, -0.05) is 48.0 Å². The number of nitrogens with one attached hydrogen (secondary N) is 1. The Kier molecular flexibility index (Phi) is 2.63. The van der Waals surface area contributed by atoms with Crippen molar-refractivity contribution in [1.29, 1.82) is 0 Å². The molecule has 1 aliphatic heterocycles. The molecule has 1 unspecified atom stereocenters. The van der Waals surface area contributed by atoms with Gasteiger partial charge in [-0.25, -0.2) is 0 Å². The van der Waals surface area contributed by atoms with Crippen molar-refractivity contribution in [3.05, 3.63) is 70.8 Å². The molecule has 1 atom stereocenters. The quantitative estimate of drug-likeness (QED) is 0.811. The zero-order valence-electron chi connectivity index (χ0n) is 10.3. The van der Waals surface area contributed by atoms with E-state index in [9.17, 15) is 4.79 Å². The third kappa shape index (κ3) is 1.90. The molecular formula is C16H15NO. The van der Waals surface area contributed by atoms with Crippen LogP contribution in [0.2, 0.25) is 0 Å². The molecule has 0 spiro atoms. The van der Waals surface area contributed by atoms with E-state index < -0.39 is 0 Å². The second kappa shape index (κ2) is 4.30. The second-order valence-corrected chi connectivity index (χ2v) is 4.80. The SMILES string of the molecule is Cc1ccc(C2Cc3ccccc3C(=O)N2)cc1. The smallest absolute Gasteiger partial charge is 0.252 e. The summed E-state index contributed by atoms with van der Waals surface area (Å²) >= 11 is 0. The lowest BCUT2D eigenvalue weighted by molar-refractivity contribution is 0.0925. The topological polar surface area (TPSA) is 29.1 Å². The van der Waals surface area contributed by atoms with Gasteiger partial charge in [-0.15, -0.1) is 0 Å². The zero-order chi connectivity index (χ0) is 12.5. The maximum absolute atomic E-state index is 12.0. The summed E-state index contributed by atoms with van der Waals surface area (Å²) in [4.78, 5) is 12.0. The molecule has 1 aliphatic rings. The van der Waals surface area contributed by atoms with Crippen LogP contribution in [0, 0.1) is 6.92 Å². The Labute approximate surface area is 107 Å². The Hall–Kier alpha value is -2.09. The average molecular weight is 237 g/mol. The van der Waals surface area contributed by atoms with Crippen LogP contribution in [0.5, 0.6) is 0 Å². The van der Waals surface area contributed by atoms with Crippen molar-refractivity contribution in [1.82, 2.24) is 5.32 Å². The van der Waals surface area contributed by atoms with Crippen LogP contribution in [-0.4, -0.2) is 5.91 Å². The summed E-state index contributed by atoms with van der Waals surface area (Å²) in [6.45, 7) is 2.07. The number of amides is 1. The average Bonchev–Trinajstić information content (AvgIpc) is 2.39. The van der Waals surface area contributed by atoms with E-state index in [1.165, 1.54) is 11.1 Å². The number of hydrogen-bond acceptors (Lipinski definition) is 1. The molecule has 18 heavy (non-hydrogen) atoms. The van der Waals surface area contributed by atoms with Crippen LogP contribution in [0.15, 0.2) is 48.5 Å². The maximum Gasteiger partial charge on any atom is 0.252 e. The maximum atomic E-state index is 12.0. The van der Waals surface area contributed by atoms with Crippen LogP contribution in [-0.2, 0) is 6.42 Å². The summed E-state index contributed by atoms with van der Waals surface area (Å²) in [5, 5.41) is 3.07. The standard InChI is InChI=1S/C16H15NO/c1-11-6-8-12(9-7-11)15-10-13-4-2-3-5-14(13)16(18)17-15/h2-9,15H,10H2,1H3,(H,17,18). The van der Waals surface area contributed by atoms with E-state index in [0.717, 1.165) is 17.5 Å². The Balaban J connectivity index is 1.94. The van der Waals surface area contributed by atoms with E-state index >= 15 is 0 Å². The minimum absolute atomic E-state index is 0.0300. The normalized spacial score (nSPS) is 18.1. The van der Waals surface area contributed by atoms with Crippen LogP contribution in [0.1, 0.15) is 33.1 Å². The molecule has 0 bridgehead atoms. The van der Waals surface area contributed by atoms with Crippen molar-refractivity contribution < 1.29 is 4.79 Å². The number of aryl methyl sites for hydroxylation is 1. The first-order valence-electron chi connectivity index (χ1n) is 6.19. The van der Waals surface area contributed by atoms with E-state index in [1.807, 2.05) is 24.3 Å². The van der Waals surface area contributed by atoms with Gasteiger partial charge < -0.3 is 5.32 Å². The van der Waals surface area contributed by atoms with Gasteiger partial charge in [0.15, 0.2) is 0 Å². The fourth-order valence-electron chi connectivity index (χ4n) is 2.43. The Bertz CT molecular complexity index is 586. The van der Waals surface area contributed by atoms with Crippen molar-refractivity contribution >= 4 is 5.91 Å². The molecule has 2 aromatic rings. The van der Waals surface area contributed by atoms with E-state index in [1.54, 1.807) is 0 Å². The lowest BCUT2D eigenvalue weighted by Gasteiger charge is -2.26. The molecule has 2 nitrogen and oxygen atoms in total. The van der Waals surface area contributed by atoms with E-state index in [0.29, 0.717) is 0 Å². The van der Waals surface area contributed by atoms with Gasteiger partial charge in [-0.3, -0.25) is 4.79 Å². The minimum Gasteiger partial charge on any atom is -0.345 e. The molecule has 3 rings (SSSR count). The van der Waals surface area contributed by atoms with Crippen LogP contribution in [0.25, 0.3) is 0 Å². The largest absolute Gasteiger partial charge is 0.345 e. The van der Waals surface area contributed by atoms with E-state index in [2.05, 4.69) is 36.5 Å². The summed E-state index contributed by atoms with van der Waals surface area (Å²) in [7, 11) is 0. The molecule has 1 heterocycles. The van der Waals surface area contributed by atoms with Crippen LogP contribution < -0.4 is 5.32 Å². The van der Waals surface area contributed by atoms with E-state index in [-0.39, 0.29) is 11.9 Å². The Morgan fingerprint density at radius 3 is 2.56 bits per heavy atom. The summed E-state index contributed by atoms with van der Waals surface area (Å²) in [5.41, 5.74) is 4.34. The monoisotopic (exact) mass is 237 g/mol. The fourth-order valence-corrected chi connectivity index (χ4v) is 2.43. The van der Waals surface area contributed by atoms with Gasteiger partial charge in [0.05, 0.1) is 6.04 Å². The van der Waals surface area contributed by atoms with Crippen molar-refractivity contribution in [2.45, 2.75) is 19.4 Å². The number of rotatable bonds is 1.